The topological polar surface area (TPSA) is 79.2 Å². The van der Waals surface area contributed by atoms with Gasteiger partial charge in [-0.3, -0.25) is 4.79 Å². The second-order valence-corrected chi connectivity index (χ2v) is 7.89. The first-order chi connectivity index (χ1) is 14.6. The third-order valence-electron chi connectivity index (χ3n) is 6.09. The van der Waals surface area contributed by atoms with E-state index < -0.39 is 5.97 Å². The summed E-state index contributed by atoms with van der Waals surface area (Å²) in [5.74, 6) is -0.619. The molecule has 2 bridgehead atoms. The van der Waals surface area contributed by atoms with Crippen molar-refractivity contribution in [2.45, 2.75) is 38.4 Å². The molecule has 2 fully saturated rings. The number of fused-ring (bicyclic) bond motifs is 2. The number of amides is 1. The monoisotopic (exact) mass is 406 g/mol. The number of hydrogen-bond donors (Lipinski definition) is 1. The normalized spacial score (nSPS) is 25.0. The number of carboxylic acids is 1. The van der Waals surface area contributed by atoms with Crippen LogP contribution < -0.4 is 0 Å². The molecule has 0 spiro atoms. The lowest BCUT2D eigenvalue weighted by atomic mass is 9.77. The Morgan fingerprint density at radius 1 is 1.07 bits per heavy atom. The number of carbonyl (C=O) groups is 2. The number of nitrogens with zero attached hydrogens (tertiary/aromatic N) is 2. The van der Waals surface area contributed by atoms with Crippen molar-refractivity contribution in [1.82, 2.24) is 5.01 Å². The molecule has 2 heterocycles. The van der Waals surface area contributed by atoms with Crippen molar-refractivity contribution < 1.29 is 19.4 Å². The van der Waals surface area contributed by atoms with E-state index in [-0.39, 0.29) is 30.0 Å². The molecular formula is C24H26N2O4. The van der Waals surface area contributed by atoms with Crippen LogP contribution in [0, 0.1) is 11.8 Å². The van der Waals surface area contributed by atoms with Gasteiger partial charge in [-0.1, -0.05) is 30.3 Å². The zero-order valence-electron chi connectivity index (χ0n) is 17.0. The molecule has 6 heteroatoms. The number of benzene rings is 2. The van der Waals surface area contributed by atoms with Gasteiger partial charge in [0.15, 0.2) is 0 Å². The van der Waals surface area contributed by atoms with Gasteiger partial charge in [-0.2, -0.15) is 5.10 Å². The molecule has 0 aromatic heterocycles. The van der Waals surface area contributed by atoms with Crippen LogP contribution in [0.15, 0.2) is 59.7 Å². The number of aromatic carboxylic acids is 1. The summed E-state index contributed by atoms with van der Waals surface area (Å²) in [6.07, 6.45) is 5.06. The fraction of sp³-hybridized carbons (Fsp3) is 0.375. The van der Waals surface area contributed by atoms with Crippen molar-refractivity contribution >= 4 is 18.1 Å². The predicted octanol–water partition coefficient (Wildman–Crippen LogP) is 3.87. The first-order valence-corrected chi connectivity index (χ1v) is 10.5. The summed E-state index contributed by atoms with van der Waals surface area (Å²) < 4.78 is 6.15. The van der Waals surface area contributed by atoms with Gasteiger partial charge in [0.05, 0.1) is 17.8 Å². The SMILES string of the molecule is CCN(N=C[C@@H]1[C@@H](Cc2ccc(C(=O)O)cc2)[C@H]2CC[C@@H]1O2)C(=O)c1ccccc1. The van der Waals surface area contributed by atoms with Gasteiger partial charge in [-0.05, 0) is 61.9 Å². The Kier molecular flexibility index (Phi) is 5.95. The average Bonchev–Trinajstić information content (AvgIpc) is 3.37. The Morgan fingerprint density at radius 2 is 1.77 bits per heavy atom. The molecule has 2 aliphatic rings. The van der Waals surface area contributed by atoms with Crippen molar-refractivity contribution in [1.29, 1.82) is 0 Å². The summed E-state index contributed by atoms with van der Waals surface area (Å²) in [7, 11) is 0. The predicted molar refractivity (Wildman–Crippen MR) is 114 cm³/mol. The molecule has 2 aromatic rings. The molecule has 1 N–H and O–H groups in total. The second-order valence-electron chi connectivity index (χ2n) is 7.89. The standard InChI is InChI=1S/C24H26N2O4/c1-2-26(23(27)17-6-4-3-5-7-17)25-15-20-19(21-12-13-22(20)30-21)14-16-8-10-18(11-9-16)24(28)29/h3-11,15,19-22H,2,12-14H2,1H3,(H,28,29)/t19-,20-,21-,22+/m1/s1. The minimum Gasteiger partial charge on any atom is -0.478 e. The lowest BCUT2D eigenvalue weighted by Gasteiger charge is -2.26. The second kappa shape index (κ2) is 8.79. The first-order valence-electron chi connectivity index (χ1n) is 10.5. The van der Waals surface area contributed by atoms with E-state index in [1.807, 2.05) is 43.5 Å². The summed E-state index contributed by atoms with van der Waals surface area (Å²) in [5.41, 5.74) is 2.00. The van der Waals surface area contributed by atoms with Gasteiger partial charge in [0.1, 0.15) is 0 Å². The molecule has 4 atom stereocenters. The maximum Gasteiger partial charge on any atom is 0.335 e. The Morgan fingerprint density at radius 3 is 2.43 bits per heavy atom. The number of rotatable bonds is 7. The summed E-state index contributed by atoms with van der Waals surface area (Å²) >= 11 is 0. The van der Waals surface area contributed by atoms with Crippen LogP contribution in [0.25, 0.3) is 0 Å². The number of ether oxygens (including phenoxy) is 1. The third-order valence-corrected chi connectivity index (χ3v) is 6.09. The minimum absolute atomic E-state index is 0.112. The zero-order valence-corrected chi connectivity index (χ0v) is 17.0. The molecule has 4 rings (SSSR count). The van der Waals surface area contributed by atoms with E-state index in [4.69, 9.17) is 9.84 Å². The van der Waals surface area contributed by atoms with Crippen LogP contribution in [-0.4, -0.2) is 47.0 Å². The smallest absolute Gasteiger partial charge is 0.335 e. The van der Waals surface area contributed by atoms with Crippen molar-refractivity contribution in [3.8, 4) is 0 Å². The molecule has 30 heavy (non-hydrogen) atoms. The molecule has 1 amide bonds. The minimum atomic E-state index is -0.919. The molecule has 0 radical (unpaired) electrons. The third kappa shape index (κ3) is 4.14. The highest BCUT2D eigenvalue weighted by molar-refractivity contribution is 5.94. The highest BCUT2D eigenvalue weighted by atomic mass is 16.5. The van der Waals surface area contributed by atoms with Crippen molar-refractivity contribution in [2.75, 3.05) is 6.54 Å². The van der Waals surface area contributed by atoms with Crippen molar-refractivity contribution in [2.24, 2.45) is 16.9 Å². The van der Waals surface area contributed by atoms with Gasteiger partial charge in [-0.25, -0.2) is 9.80 Å². The maximum atomic E-state index is 12.7. The number of carboxylic acid groups (broad SMARTS) is 1. The number of carbonyl (C=O) groups excluding carboxylic acids is 1. The van der Waals surface area contributed by atoms with Crippen LogP contribution in [0.5, 0.6) is 0 Å². The lowest BCUT2D eigenvalue weighted by molar-refractivity contribution is 0.0695. The van der Waals surface area contributed by atoms with Crippen molar-refractivity contribution in [3.63, 3.8) is 0 Å². The maximum absolute atomic E-state index is 12.7. The van der Waals surface area contributed by atoms with E-state index in [9.17, 15) is 9.59 Å². The van der Waals surface area contributed by atoms with Gasteiger partial charge in [0.2, 0.25) is 0 Å². The fourth-order valence-electron chi connectivity index (χ4n) is 4.51. The molecular weight excluding hydrogens is 380 g/mol. The molecule has 0 saturated carbocycles. The molecule has 156 valence electrons. The molecule has 2 saturated heterocycles. The average molecular weight is 406 g/mol. The van der Waals surface area contributed by atoms with Crippen LogP contribution in [-0.2, 0) is 11.2 Å². The molecule has 2 aromatic carbocycles. The van der Waals surface area contributed by atoms with Crippen LogP contribution in [0.4, 0.5) is 0 Å². The van der Waals surface area contributed by atoms with Gasteiger partial charge in [0, 0.05) is 24.2 Å². The highest BCUT2D eigenvalue weighted by Gasteiger charge is 2.48. The molecule has 0 aliphatic carbocycles. The van der Waals surface area contributed by atoms with E-state index in [0.29, 0.717) is 17.7 Å². The van der Waals surface area contributed by atoms with Gasteiger partial charge < -0.3 is 9.84 Å². The summed E-state index contributed by atoms with van der Waals surface area (Å²) in [4.78, 5) is 23.8. The number of hydrogen-bond acceptors (Lipinski definition) is 4. The van der Waals surface area contributed by atoms with Gasteiger partial charge in [0.25, 0.3) is 5.91 Å². The Labute approximate surface area is 176 Å². The summed E-state index contributed by atoms with van der Waals surface area (Å²) in [5, 5.41) is 15.1. The van der Waals surface area contributed by atoms with Crippen LogP contribution in [0.2, 0.25) is 0 Å². The zero-order chi connectivity index (χ0) is 21.1. The quantitative estimate of drug-likeness (QED) is 0.559. The summed E-state index contributed by atoms with van der Waals surface area (Å²) in [6.45, 7) is 2.41. The van der Waals surface area contributed by atoms with E-state index >= 15 is 0 Å². The Hall–Kier alpha value is -2.99. The van der Waals surface area contributed by atoms with Crippen LogP contribution in [0.3, 0.4) is 0 Å². The van der Waals surface area contributed by atoms with Gasteiger partial charge in [-0.15, -0.1) is 0 Å². The molecule has 0 unspecified atom stereocenters. The first kappa shape index (κ1) is 20.3. The fourth-order valence-corrected chi connectivity index (χ4v) is 4.51. The molecule has 2 aliphatic heterocycles. The van der Waals surface area contributed by atoms with E-state index in [0.717, 1.165) is 24.8 Å². The lowest BCUT2D eigenvalue weighted by Crippen LogP contribution is -2.32. The van der Waals surface area contributed by atoms with E-state index in [1.54, 1.807) is 24.3 Å². The molecule has 6 nitrogen and oxygen atoms in total. The Bertz CT molecular complexity index is 926. The van der Waals surface area contributed by atoms with Crippen molar-refractivity contribution in [3.05, 3.63) is 71.3 Å². The van der Waals surface area contributed by atoms with Crippen LogP contribution >= 0.6 is 0 Å². The number of hydrazone groups is 1. The Balaban J connectivity index is 1.48. The van der Waals surface area contributed by atoms with E-state index in [2.05, 4.69) is 5.10 Å². The largest absolute Gasteiger partial charge is 0.478 e. The van der Waals surface area contributed by atoms with E-state index in [1.165, 1.54) is 5.01 Å². The van der Waals surface area contributed by atoms with Gasteiger partial charge >= 0.3 is 5.97 Å². The summed E-state index contributed by atoms with van der Waals surface area (Å²) in [6, 6.07) is 16.2. The van der Waals surface area contributed by atoms with Crippen LogP contribution in [0.1, 0.15) is 46.0 Å². The highest BCUT2D eigenvalue weighted by Crippen LogP contribution is 2.44.